The van der Waals surface area contributed by atoms with E-state index in [1.807, 2.05) is 25.1 Å². The van der Waals surface area contributed by atoms with Crippen LogP contribution in [-0.4, -0.2) is 32.6 Å². The summed E-state index contributed by atoms with van der Waals surface area (Å²) in [5, 5.41) is 14.3. The highest BCUT2D eigenvalue weighted by molar-refractivity contribution is 6.00. The van der Waals surface area contributed by atoms with Gasteiger partial charge in [-0.15, -0.1) is 0 Å². The van der Waals surface area contributed by atoms with Crippen molar-refractivity contribution in [3.05, 3.63) is 53.7 Å². The molecule has 5 atom stereocenters. The SMILES string of the molecule is C[C@@H]1[C@]2(C)CC[C@@]1(C)[C@@H](NC(=O)c1cc([C@@H](C)NC(=O)c3cnn4ccccc34)no1)C2. The van der Waals surface area contributed by atoms with Crippen LogP contribution < -0.4 is 10.6 Å². The van der Waals surface area contributed by atoms with Gasteiger partial charge in [0.05, 0.1) is 23.3 Å². The van der Waals surface area contributed by atoms with Crippen LogP contribution in [0.5, 0.6) is 0 Å². The molecule has 168 valence electrons. The Kier molecular flexibility index (Phi) is 4.65. The molecular weight excluding hydrogens is 406 g/mol. The van der Waals surface area contributed by atoms with Gasteiger partial charge in [0.15, 0.2) is 0 Å². The van der Waals surface area contributed by atoms with Crippen molar-refractivity contribution in [3.8, 4) is 0 Å². The summed E-state index contributed by atoms with van der Waals surface area (Å²) in [6.07, 6.45) is 6.66. The monoisotopic (exact) mass is 435 g/mol. The Morgan fingerprint density at radius 2 is 2.06 bits per heavy atom. The van der Waals surface area contributed by atoms with E-state index in [1.165, 1.54) is 12.6 Å². The van der Waals surface area contributed by atoms with E-state index in [-0.39, 0.29) is 34.4 Å². The summed E-state index contributed by atoms with van der Waals surface area (Å²) in [6.45, 7) is 8.73. The van der Waals surface area contributed by atoms with Crippen molar-refractivity contribution in [2.75, 3.05) is 0 Å². The van der Waals surface area contributed by atoms with Gasteiger partial charge in [-0.2, -0.15) is 5.10 Å². The molecule has 5 rings (SSSR count). The average molecular weight is 436 g/mol. The number of fused-ring (bicyclic) bond motifs is 3. The minimum atomic E-state index is -0.426. The standard InChI is InChI=1S/C24H29N5O3/c1-14(26-21(30)16-13-25-29-10-6-5-7-18(16)29)17-11-19(32-28-17)22(31)27-20-12-23(3)8-9-24(20,4)15(23)2/h5-7,10-11,13-15,20H,8-9,12H2,1-4H3,(H,26,30)(H,27,31)/t14-,15-,20+,23-,24-/m1/s1. The number of nitrogens with one attached hydrogen (secondary N) is 2. The molecule has 3 aromatic heterocycles. The van der Waals surface area contributed by atoms with Crippen LogP contribution >= 0.6 is 0 Å². The number of rotatable bonds is 5. The van der Waals surface area contributed by atoms with Crippen molar-refractivity contribution in [2.24, 2.45) is 16.7 Å². The number of hydrogen-bond acceptors (Lipinski definition) is 5. The third kappa shape index (κ3) is 3.12. The number of aromatic nitrogens is 3. The molecular formula is C24H29N5O3. The van der Waals surface area contributed by atoms with Crippen LogP contribution in [0, 0.1) is 16.7 Å². The van der Waals surface area contributed by atoms with E-state index in [1.54, 1.807) is 16.8 Å². The van der Waals surface area contributed by atoms with Crippen LogP contribution in [0.2, 0.25) is 0 Å². The van der Waals surface area contributed by atoms with E-state index >= 15 is 0 Å². The molecule has 2 amide bonds. The fraction of sp³-hybridized carbons (Fsp3) is 0.500. The topological polar surface area (TPSA) is 102 Å². The fourth-order valence-corrected chi connectivity index (χ4v) is 5.74. The summed E-state index contributed by atoms with van der Waals surface area (Å²) in [4.78, 5) is 25.6. The van der Waals surface area contributed by atoms with Gasteiger partial charge in [0.1, 0.15) is 5.69 Å². The average Bonchev–Trinajstić information content (AvgIpc) is 3.50. The highest BCUT2D eigenvalue weighted by Gasteiger charge is 2.60. The number of hydrogen-bond donors (Lipinski definition) is 2. The van der Waals surface area contributed by atoms with Crippen molar-refractivity contribution in [1.29, 1.82) is 0 Å². The molecule has 2 saturated carbocycles. The van der Waals surface area contributed by atoms with Crippen LogP contribution in [0.1, 0.15) is 79.6 Å². The van der Waals surface area contributed by atoms with Gasteiger partial charge in [-0.3, -0.25) is 9.59 Å². The van der Waals surface area contributed by atoms with Gasteiger partial charge in [0.25, 0.3) is 11.8 Å². The molecule has 0 aliphatic heterocycles. The largest absolute Gasteiger partial charge is 0.351 e. The van der Waals surface area contributed by atoms with E-state index in [4.69, 9.17) is 4.52 Å². The van der Waals surface area contributed by atoms with Gasteiger partial charge in [0.2, 0.25) is 5.76 Å². The Balaban J connectivity index is 1.25. The van der Waals surface area contributed by atoms with Gasteiger partial charge < -0.3 is 15.2 Å². The Hall–Kier alpha value is -3.16. The summed E-state index contributed by atoms with van der Waals surface area (Å²) < 4.78 is 6.98. The van der Waals surface area contributed by atoms with Crippen LogP contribution in [0.4, 0.5) is 0 Å². The zero-order chi connectivity index (χ0) is 22.7. The molecule has 32 heavy (non-hydrogen) atoms. The first-order valence-corrected chi connectivity index (χ1v) is 11.2. The molecule has 0 unspecified atom stereocenters. The Morgan fingerprint density at radius 1 is 1.25 bits per heavy atom. The van der Waals surface area contributed by atoms with Gasteiger partial charge in [-0.25, -0.2) is 4.52 Å². The van der Waals surface area contributed by atoms with Crippen LogP contribution in [0.25, 0.3) is 5.52 Å². The molecule has 3 heterocycles. The van der Waals surface area contributed by atoms with E-state index < -0.39 is 6.04 Å². The Bertz CT molecular complexity index is 1200. The quantitative estimate of drug-likeness (QED) is 0.635. The molecule has 0 spiro atoms. The minimum Gasteiger partial charge on any atom is -0.351 e. The maximum Gasteiger partial charge on any atom is 0.290 e. The highest BCUT2D eigenvalue weighted by atomic mass is 16.5. The second-order valence-corrected chi connectivity index (χ2v) is 10.0. The van der Waals surface area contributed by atoms with E-state index in [0.717, 1.165) is 18.4 Å². The molecule has 2 aliphatic rings. The van der Waals surface area contributed by atoms with Crippen molar-refractivity contribution in [1.82, 2.24) is 25.4 Å². The first kappa shape index (κ1) is 20.7. The normalized spacial score (nSPS) is 29.9. The first-order valence-electron chi connectivity index (χ1n) is 11.2. The van der Waals surface area contributed by atoms with Crippen LogP contribution in [0.15, 0.2) is 41.2 Å². The zero-order valence-corrected chi connectivity index (χ0v) is 18.9. The highest BCUT2D eigenvalue weighted by Crippen LogP contribution is 2.64. The lowest BCUT2D eigenvalue weighted by Gasteiger charge is -2.33. The number of nitrogens with zero attached hydrogens (tertiary/aromatic N) is 3. The molecule has 0 radical (unpaired) electrons. The third-order valence-electron chi connectivity index (χ3n) is 8.26. The molecule has 2 aliphatic carbocycles. The van der Waals surface area contributed by atoms with Gasteiger partial charge in [-0.05, 0) is 55.1 Å². The van der Waals surface area contributed by atoms with E-state index in [9.17, 15) is 9.59 Å². The van der Waals surface area contributed by atoms with Crippen LogP contribution in [-0.2, 0) is 0 Å². The number of amides is 2. The second kappa shape index (κ2) is 7.18. The number of carbonyl (C=O) groups is 2. The molecule has 2 N–H and O–H groups in total. The lowest BCUT2D eigenvalue weighted by atomic mass is 9.78. The number of pyridine rings is 1. The predicted octanol–water partition coefficient (Wildman–Crippen LogP) is 3.76. The fourth-order valence-electron chi connectivity index (χ4n) is 5.74. The maximum atomic E-state index is 12.9. The van der Waals surface area contributed by atoms with Crippen molar-refractivity contribution >= 4 is 17.3 Å². The smallest absolute Gasteiger partial charge is 0.290 e. The Morgan fingerprint density at radius 3 is 2.78 bits per heavy atom. The molecule has 3 aromatic rings. The third-order valence-corrected chi connectivity index (χ3v) is 8.26. The summed E-state index contributed by atoms with van der Waals surface area (Å²) in [5.41, 5.74) is 2.10. The number of carbonyl (C=O) groups excluding carboxylic acids is 2. The molecule has 0 aromatic carbocycles. The maximum absolute atomic E-state index is 12.9. The van der Waals surface area contributed by atoms with Crippen molar-refractivity contribution < 1.29 is 14.1 Å². The van der Waals surface area contributed by atoms with E-state index in [2.05, 4.69) is 41.7 Å². The zero-order valence-electron chi connectivity index (χ0n) is 18.9. The first-order chi connectivity index (χ1) is 15.2. The summed E-state index contributed by atoms with van der Waals surface area (Å²) >= 11 is 0. The van der Waals surface area contributed by atoms with Crippen LogP contribution in [0.3, 0.4) is 0 Å². The molecule has 2 bridgehead atoms. The second-order valence-electron chi connectivity index (χ2n) is 10.0. The molecule has 8 nitrogen and oxygen atoms in total. The van der Waals surface area contributed by atoms with Gasteiger partial charge >= 0.3 is 0 Å². The summed E-state index contributed by atoms with van der Waals surface area (Å²) in [6, 6.07) is 6.86. The van der Waals surface area contributed by atoms with Gasteiger partial charge in [-0.1, -0.05) is 32.0 Å². The van der Waals surface area contributed by atoms with Crippen molar-refractivity contribution in [2.45, 2.75) is 59.0 Å². The molecule has 2 fully saturated rings. The minimum absolute atomic E-state index is 0.114. The van der Waals surface area contributed by atoms with Gasteiger partial charge in [0, 0.05) is 18.3 Å². The predicted molar refractivity (Wildman–Crippen MR) is 118 cm³/mol. The molecule has 8 heteroatoms. The summed E-state index contributed by atoms with van der Waals surface area (Å²) in [5.74, 6) is 0.228. The Labute approximate surface area is 186 Å². The van der Waals surface area contributed by atoms with E-state index in [0.29, 0.717) is 17.2 Å². The lowest BCUT2D eigenvalue weighted by Crippen LogP contribution is -2.44. The lowest BCUT2D eigenvalue weighted by molar-refractivity contribution is 0.0844. The summed E-state index contributed by atoms with van der Waals surface area (Å²) in [7, 11) is 0. The molecule has 0 saturated heterocycles. The van der Waals surface area contributed by atoms with Crippen molar-refractivity contribution in [3.63, 3.8) is 0 Å².